The molecule has 2 amide bonds. The molecule has 3 atom stereocenters. The number of para-hydroxylation sites is 1. The molecule has 0 radical (unpaired) electrons. The maximum atomic E-state index is 13.5. The molecule has 31 heavy (non-hydrogen) atoms. The van der Waals surface area contributed by atoms with Crippen LogP contribution in [0, 0.1) is 5.92 Å². The second kappa shape index (κ2) is 7.56. The summed E-state index contributed by atoms with van der Waals surface area (Å²) in [4.78, 5) is 34.1. The number of imide groups is 1. The standard InChI is InChI=1S/C25H22N2O4/c1-2-16-8-12-18(13-9-16)26-24(29)21-22(17-10-14-20(28)15-11-17)27(31-23(21)25(26)30)19-6-4-3-5-7-19/h3-15,21-23,28H,2H2,1H3/t21-,22-,23-/m0/s1. The van der Waals surface area contributed by atoms with E-state index >= 15 is 0 Å². The number of phenolic OH excluding ortho intramolecular Hbond substituents is 1. The molecule has 156 valence electrons. The van der Waals surface area contributed by atoms with Gasteiger partial charge in [0, 0.05) is 0 Å². The Hall–Kier alpha value is -3.64. The number of rotatable bonds is 4. The summed E-state index contributed by atoms with van der Waals surface area (Å²) < 4.78 is 0. The number of aromatic hydroxyl groups is 1. The van der Waals surface area contributed by atoms with Gasteiger partial charge in [-0.1, -0.05) is 49.4 Å². The number of amides is 2. The van der Waals surface area contributed by atoms with Crippen molar-refractivity contribution in [3.8, 4) is 5.75 Å². The van der Waals surface area contributed by atoms with Gasteiger partial charge in [-0.3, -0.25) is 14.4 Å². The van der Waals surface area contributed by atoms with Crippen molar-refractivity contribution in [2.75, 3.05) is 9.96 Å². The van der Waals surface area contributed by atoms with Crippen LogP contribution >= 0.6 is 0 Å². The van der Waals surface area contributed by atoms with Gasteiger partial charge in [-0.15, -0.1) is 0 Å². The van der Waals surface area contributed by atoms with Crippen molar-refractivity contribution in [1.29, 1.82) is 0 Å². The van der Waals surface area contributed by atoms with Crippen LogP contribution < -0.4 is 9.96 Å². The number of hydroxylamine groups is 1. The summed E-state index contributed by atoms with van der Waals surface area (Å²) in [5.74, 6) is -1.20. The van der Waals surface area contributed by atoms with Gasteiger partial charge in [0.05, 0.1) is 17.4 Å². The Morgan fingerprint density at radius 1 is 0.839 bits per heavy atom. The molecule has 2 aliphatic rings. The molecule has 5 rings (SSSR count). The van der Waals surface area contributed by atoms with Gasteiger partial charge < -0.3 is 5.11 Å². The zero-order chi connectivity index (χ0) is 21.5. The average molecular weight is 414 g/mol. The first-order valence-corrected chi connectivity index (χ1v) is 10.3. The van der Waals surface area contributed by atoms with Crippen molar-refractivity contribution >= 4 is 23.2 Å². The SMILES string of the molecule is CCc1ccc(N2C(=O)[C@@H]3[C@H](ON(c4ccccc4)[C@H]3c3ccc(O)cc3)C2=O)cc1. The molecule has 0 saturated carbocycles. The summed E-state index contributed by atoms with van der Waals surface area (Å²) in [5, 5.41) is 11.4. The number of hydrogen-bond acceptors (Lipinski definition) is 5. The lowest BCUT2D eigenvalue weighted by atomic mass is 9.90. The van der Waals surface area contributed by atoms with Crippen molar-refractivity contribution in [2.24, 2.45) is 5.92 Å². The minimum absolute atomic E-state index is 0.136. The van der Waals surface area contributed by atoms with Crippen molar-refractivity contribution in [3.05, 3.63) is 90.0 Å². The quantitative estimate of drug-likeness (QED) is 0.654. The Balaban J connectivity index is 1.56. The molecule has 3 aromatic carbocycles. The first-order chi connectivity index (χ1) is 15.1. The highest BCUT2D eigenvalue weighted by atomic mass is 16.7. The number of phenols is 1. The average Bonchev–Trinajstić information content (AvgIpc) is 3.31. The molecule has 0 aliphatic carbocycles. The maximum absolute atomic E-state index is 13.5. The van der Waals surface area contributed by atoms with E-state index in [4.69, 9.17) is 4.84 Å². The Morgan fingerprint density at radius 2 is 1.52 bits per heavy atom. The number of anilines is 2. The Labute approximate surface area is 180 Å². The van der Waals surface area contributed by atoms with Crippen LogP contribution in [0.1, 0.15) is 24.1 Å². The minimum atomic E-state index is -0.905. The third-order valence-corrected chi connectivity index (χ3v) is 5.96. The molecule has 2 heterocycles. The van der Waals surface area contributed by atoms with Crippen molar-refractivity contribution in [1.82, 2.24) is 0 Å². The molecule has 6 heteroatoms. The van der Waals surface area contributed by atoms with E-state index in [1.165, 1.54) is 4.90 Å². The Bertz CT molecular complexity index is 1110. The first-order valence-electron chi connectivity index (χ1n) is 10.3. The van der Waals surface area contributed by atoms with Crippen molar-refractivity contribution < 1.29 is 19.5 Å². The van der Waals surface area contributed by atoms with E-state index in [0.29, 0.717) is 5.69 Å². The summed E-state index contributed by atoms with van der Waals surface area (Å²) in [6.07, 6.45) is -0.0248. The van der Waals surface area contributed by atoms with Gasteiger partial charge in [-0.25, -0.2) is 9.96 Å². The van der Waals surface area contributed by atoms with Crippen LogP contribution in [0.15, 0.2) is 78.9 Å². The van der Waals surface area contributed by atoms with E-state index in [9.17, 15) is 14.7 Å². The molecule has 0 bridgehead atoms. The van der Waals surface area contributed by atoms with Gasteiger partial charge in [-0.05, 0) is 53.9 Å². The number of aryl methyl sites for hydroxylation is 1. The molecule has 6 nitrogen and oxygen atoms in total. The second-order valence-electron chi connectivity index (χ2n) is 7.78. The normalized spacial score (nSPS) is 22.8. The highest BCUT2D eigenvalue weighted by Gasteiger charge is 2.60. The fourth-order valence-electron chi connectivity index (χ4n) is 4.36. The van der Waals surface area contributed by atoms with E-state index in [1.807, 2.05) is 42.5 Å². The third-order valence-electron chi connectivity index (χ3n) is 5.96. The van der Waals surface area contributed by atoms with Gasteiger partial charge in [0.25, 0.3) is 5.91 Å². The lowest BCUT2D eigenvalue weighted by Gasteiger charge is -2.28. The number of carbonyl (C=O) groups is 2. The van der Waals surface area contributed by atoms with Crippen molar-refractivity contribution in [2.45, 2.75) is 25.5 Å². The zero-order valence-corrected chi connectivity index (χ0v) is 17.0. The highest BCUT2D eigenvalue weighted by molar-refractivity contribution is 6.23. The van der Waals surface area contributed by atoms with E-state index < -0.39 is 18.1 Å². The van der Waals surface area contributed by atoms with E-state index in [2.05, 4.69) is 6.92 Å². The van der Waals surface area contributed by atoms with Gasteiger partial charge in [0.1, 0.15) is 11.7 Å². The fourth-order valence-corrected chi connectivity index (χ4v) is 4.36. The van der Waals surface area contributed by atoms with Crippen LogP contribution in [0.3, 0.4) is 0 Å². The van der Waals surface area contributed by atoms with Crippen LogP contribution in [0.4, 0.5) is 11.4 Å². The second-order valence-corrected chi connectivity index (χ2v) is 7.78. The number of nitrogens with zero attached hydrogens (tertiary/aromatic N) is 2. The molecule has 0 spiro atoms. The Morgan fingerprint density at radius 3 is 2.16 bits per heavy atom. The molecular formula is C25H22N2O4. The predicted octanol–water partition coefficient (Wildman–Crippen LogP) is 4.01. The predicted molar refractivity (Wildman–Crippen MR) is 116 cm³/mol. The van der Waals surface area contributed by atoms with Crippen LogP contribution in [-0.4, -0.2) is 23.0 Å². The van der Waals surface area contributed by atoms with Gasteiger partial charge in [0.15, 0.2) is 6.10 Å². The summed E-state index contributed by atoms with van der Waals surface area (Å²) in [6.45, 7) is 2.06. The lowest BCUT2D eigenvalue weighted by molar-refractivity contribution is -0.126. The fraction of sp³-hybridized carbons (Fsp3) is 0.200. The van der Waals surface area contributed by atoms with Gasteiger partial charge in [-0.2, -0.15) is 0 Å². The molecule has 1 N–H and O–H groups in total. The largest absolute Gasteiger partial charge is 0.508 e. The molecule has 2 fully saturated rings. The summed E-state index contributed by atoms with van der Waals surface area (Å²) in [6, 6.07) is 23.1. The summed E-state index contributed by atoms with van der Waals surface area (Å²) in [7, 11) is 0. The number of hydrogen-bond donors (Lipinski definition) is 1. The van der Waals surface area contributed by atoms with E-state index in [0.717, 1.165) is 23.2 Å². The monoisotopic (exact) mass is 414 g/mol. The summed E-state index contributed by atoms with van der Waals surface area (Å²) >= 11 is 0. The maximum Gasteiger partial charge on any atom is 0.266 e. The topological polar surface area (TPSA) is 70.1 Å². The number of fused-ring (bicyclic) bond motifs is 1. The molecule has 3 aromatic rings. The number of carbonyl (C=O) groups excluding carboxylic acids is 2. The van der Waals surface area contributed by atoms with Crippen molar-refractivity contribution in [3.63, 3.8) is 0 Å². The zero-order valence-electron chi connectivity index (χ0n) is 17.0. The number of benzene rings is 3. The van der Waals surface area contributed by atoms with E-state index in [1.54, 1.807) is 41.5 Å². The molecular weight excluding hydrogens is 392 g/mol. The third kappa shape index (κ3) is 3.16. The van der Waals surface area contributed by atoms with Crippen LogP contribution in [0.25, 0.3) is 0 Å². The summed E-state index contributed by atoms with van der Waals surface area (Å²) in [5.41, 5.74) is 3.24. The van der Waals surface area contributed by atoms with E-state index in [-0.39, 0.29) is 17.6 Å². The van der Waals surface area contributed by atoms with Crippen LogP contribution in [0.5, 0.6) is 5.75 Å². The first kappa shape index (κ1) is 19.3. The molecule has 0 aromatic heterocycles. The molecule has 2 aliphatic heterocycles. The van der Waals surface area contributed by atoms with Gasteiger partial charge >= 0.3 is 0 Å². The Kier molecular flexibility index (Phi) is 4.71. The highest BCUT2D eigenvalue weighted by Crippen LogP contribution is 2.47. The van der Waals surface area contributed by atoms with Crippen LogP contribution in [-0.2, 0) is 20.8 Å². The van der Waals surface area contributed by atoms with Crippen LogP contribution in [0.2, 0.25) is 0 Å². The van der Waals surface area contributed by atoms with Gasteiger partial charge in [0.2, 0.25) is 5.91 Å². The lowest BCUT2D eigenvalue weighted by Crippen LogP contribution is -2.37. The smallest absolute Gasteiger partial charge is 0.266 e. The molecule has 2 saturated heterocycles. The molecule has 0 unspecified atom stereocenters. The minimum Gasteiger partial charge on any atom is -0.508 e.